The summed E-state index contributed by atoms with van der Waals surface area (Å²) in [7, 11) is -0.991. The second-order valence-electron chi connectivity index (χ2n) is 6.93. The predicted molar refractivity (Wildman–Crippen MR) is 105 cm³/mol. The minimum Gasteiger partial charge on any atom is -0.466 e. The molecule has 1 aromatic carbocycles. The molecule has 142 valence electrons. The molecule has 1 saturated carbocycles. The lowest BCUT2D eigenvalue weighted by Gasteiger charge is -2.21. The lowest BCUT2D eigenvalue weighted by molar-refractivity contribution is -0.380. The van der Waals surface area contributed by atoms with Crippen LogP contribution < -0.4 is 15.0 Å². The van der Waals surface area contributed by atoms with E-state index in [1.54, 1.807) is 12.6 Å². The number of H-pyrrole nitrogens is 2. The van der Waals surface area contributed by atoms with Gasteiger partial charge in [0.2, 0.25) is 0 Å². The molecular weight excluding hydrogens is 362 g/mol. The fourth-order valence-electron chi connectivity index (χ4n) is 3.43. The van der Waals surface area contributed by atoms with Crippen LogP contribution in [0.15, 0.2) is 35.5 Å². The van der Waals surface area contributed by atoms with Crippen LogP contribution in [-0.2, 0) is 10.8 Å². The zero-order chi connectivity index (χ0) is 18.6. The van der Waals surface area contributed by atoms with E-state index in [1.807, 2.05) is 24.3 Å². The molecular formula is C19H24N5O2S+. The minimum absolute atomic E-state index is 0.554. The average molecular weight is 387 g/mol. The van der Waals surface area contributed by atoms with Crippen LogP contribution in [0.2, 0.25) is 0 Å². The van der Waals surface area contributed by atoms with E-state index in [2.05, 4.69) is 25.3 Å². The molecule has 2 heterocycles. The Hall–Kier alpha value is -2.48. The van der Waals surface area contributed by atoms with E-state index in [4.69, 9.17) is 4.74 Å². The van der Waals surface area contributed by atoms with Gasteiger partial charge in [-0.2, -0.15) is 0 Å². The molecule has 2 aromatic heterocycles. The first-order valence-corrected chi connectivity index (χ1v) is 10.8. The van der Waals surface area contributed by atoms with E-state index in [9.17, 15) is 4.21 Å². The zero-order valence-corrected chi connectivity index (χ0v) is 16.1. The molecule has 8 heteroatoms. The molecule has 3 aromatic rings. The van der Waals surface area contributed by atoms with Gasteiger partial charge in [0, 0.05) is 22.0 Å². The summed E-state index contributed by atoms with van der Waals surface area (Å²) in [5.74, 6) is 1.81. The Morgan fingerprint density at radius 2 is 2.04 bits per heavy atom. The summed E-state index contributed by atoms with van der Waals surface area (Å²) in [4.78, 5) is 15.9. The molecule has 0 bridgehead atoms. The number of aromatic amines is 2. The van der Waals surface area contributed by atoms with Crippen molar-refractivity contribution in [2.24, 2.45) is 5.92 Å². The van der Waals surface area contributed by atoms with Gasteiger partial charge in [-0.15, -0.1) is 0 Å². The van der Waals surface area contributed by atoms with Crippen LogP contribution in [-0.4, -0.2) is 32.0 Å². The second kappa shape index (κ2) is 8.04. The van der Waals surface area contributed by atoms with Crippen molar-refractivity contribution in [1.29, 1.82) is 0 Å². The average Bonchev–Trinajstić information content (AvgIpc) is 3.16. The Balaban J connectivity index is 1.53. The van der Waals surface area contributed by atoms with Gasteiger partial charge in [-0.3, -0.25) is 4.21 Å². The van der Waals surface area contributed by atoms with Crippen molar-refractivity contribution in [3.05, 3.63) is 30.6 Å². The Morgan fingerprint density at radius 3 is 2.78 bits per heavy atom. The normalized spacial score (nSPS) is 16.3. The van der Waals surface area contributed by atoms with Crippen LogP contribution in [0.1, 0.15) is 32.1 Å². The number of aromatic nitrogens is 4. The maximum absolute atomic E-state index is 11.5. The van der Waals surface area contributed by atoms with Crippen molar-refractivity contribution >= 4 is 33.6 Å². The molecule has 1 aliphatic carbocycles. The number of ether oxygens (including phenoxy) is 1. The fourth-order valence-corrected chi connectivity index (χ4v) is 3.95. The Bertz CT molecular complexity index is 935. The third-order valence-corrected chi connectivity index (χ3v) is 5.87. The van der Waals surface area contributed by atoms with Crippen molar-refractivity contribution in [1.82, 2.24) is 15.0 Å². The quantitative estimate of drug-likeness (QED) is 0.678. The first kappa shape index (κ1) is 17.9. The molecule has 0 aliphatic heterocycles. The number of benzene rings is 1. The van der Waals surface area contributed by atoms with E-state index in [1.165, 1.54) is 32.1 Å². The highest BCUT2D eigenvalue weighted by Gasteiger charge is 2.20. The van der Waals surface area contributed by atoms with Crippen LogP contribution in [0.25, 0.3) is 11.2 Å². The lowest BCUT2D eigenvalue weighted by atomic mass is 9.90. The molecule has 7 nitrogen and oxygen atoms in total. The number of rotatable bonds is 6. The molecule has 0 radical (unpaired) electrons. The van der Waals surface area contributed by atoms with Crippen LogP contribution >= 0.6 is 0 Å². The Morgan fingerprint density at radius 1 is 1.26 bits per heavy atom. The second-order valence-corrected chi connectivity index (χ2v) is 8.31. The van der Waals surface area contributed by atoms with Gasteiger partial charge in [-0.25, -0.2) is 15.3 Å². The maximum atomic E-state index is 11.5. The summed E-state index contributed by atoms with van der Waals surface area (Å²) in [6, 6.07) is 7.44. The van der Waals surface area contributed by atoms with Crippen molar-refractivity contribution in [2.75, 3.05) is 18.2 Å². The standard InChI is InChI=1S/C19H23N5O2S/c1-27(25)15-9-7-14(8-10-15)22-19-23-17-16(20-12-21-17)18(24-19)26-11-13-5-3-2-4-6-13/h7-10,12-13H,2-6,11H2,1H3,(H2,20,21,22,23,24)/p+1. The summed E-state index contributed by atoms with van der Waals surface area (Å²) < 4.78 is 17.6. The SMILES string of the molecule is CS(=O)c1ccc(Nc2nc3nc[nH]c3c(OCC3CCCCC3)[nH+]2)cc1. The molecule has 3 N–H and O–H groups in total. The third-order valence-electron chi connectivity index (χ3n) is 4.93. The summed E-state index contributed by atoms with van der Waals surface area (Å²) >= 11 is 0. The van der Waals surface area contributed by atoms with Gasteiger partial charge in [0.1, 0.15) is 0 Å². The molecule has 27 heavy (non-hydrogen) atoms. The van der Waals surface area contributed by atoms with Crippen molar-refractivity contribution in [2.45, 2.75) is 37.0 Å². The molecule has 1 aliphatic rings. The fraction of sp³-hybridized carbons (Fsp3) is 0.421. The van der Waals surface area contributed by atoms with Crippen molar-refractivity contribution in [3.8, 4) is 5.88 Å². The molecule has 0 spiro atoms. The van der Waals surface area contributed by atoms with Gasteiger partial charge in [-0.1, -0.05) is 19.3 Å². The van der Waals surface area contributed by atoms with Crippen LogP contribution in [0.5, 0.6) is 5.88 Å². The van der Waals surface area contributed by atoms with Gasteiger partial charge in [-0.05, 0) is 48.0 Å². The van der Waals surface area contributed by atoms with E-state index in [0.29, 0.717) is 30.0 Å². The largest absolute Gasteiger partial charge is 0.466 e. The van der Waals surface area contributed by atoms with Crippen molar-refractivity contribution in [3.63, 3.8) is 0 Å². The number of hydrogen-bond donors (Lipinski definition) is 2. The molecule has 0 saturated heterocycles. The van der Waals surface area contributed by atoms with E-state index < -0.39 is 10.8 Å². The smallest absolute Gasteiger partial charge is 0.399 e. The van der Waals surface area contributed by atoms with Gasteiger partial charge in [0.15, 0.2) is 5.52 Å². The zero-order valence-electron chi connectivity index (χ0n) is 15.3. The Kier molecular flexibility index (Phi) is 5.33. The highest BCUT2D eigenvalue weighted by atomic mass is 32.2. The Labute approximate surface area is 160 Å². The topological polar surface area (TPSA) is 94.0 Å². The van der Waals surface area contributed by atoms with Crippen LogP contribution in [0.4, 0.5) is 11.6 Å². The summed E-state index contributed by atoms with van der Waals surface area (Å²) in [5.41, 5.74) is 2.22. The number of imidazole rings is 1. The molecule has 1 atom stereocenters. The maximum Gasteiger partial charge on any atom is 0.399 e. The number of nitrogens with one attached hydrogen (secondary N) is 3. The molecule has 4 rings (SSSR count). The van der Waals surface area contributed by atoms with Gasteiger partial charge < -0.3 is 9.72 Å². The monoisotopic (exact) mass is 386 g/mol. The molecule has 1 unspecified atom stereocenters. The number of nitrogens with zero attached hydrogens (tertiary/aromatic N) is 2. The number of anilines is 2. The van der Waals surface area contributed by atoms with E-state index >= 15 is 0 Å². The highest BCUT2D eigenvalue weighted by molar-refractivity contribution is 7.84. The van der Waals surface area contributed by atoms with E-state index in [-0.39, 0.29) is 0 Å². The van der Waals surface area contributed by atoms with Gasteiger partial charge in [0.25, 0.3) is 11.5 Å². The number of hydrogen-bond acceptors (Lipinski definition) is 5. The first-order valence-electron chi connectivity index (χ1n) is 9.29. The van der Waals surface area contributed by atoms with Crippen LogP contribution in [0.3, 0.4) is 0 Å². The highest BCUT2D eigenvalue weighted by Crippen LogP contribution is 2.25. The predicted octanol–water partition coefficient (Wildman–Crippen LogP) is 3.21. The number of fused-ring (bicyclic) bond motifs is 1. The minimum atomic E-state index is -0.991. The summed E-state index contributed by atoms with van der Waals surface area (Å²) in [6.45, 7) is 0.699. The van der Waals surface area contributed by atoms with Gasteiger partial charge in [0.05, 0.1) is 18.6 Å². The third kappa shape index (κ3) is 4.27. The molecule has 1 fully saturated rings. The van der Waals surface area contributed by atoms with Crippen molar-refractivity contribution < 1.29 is 13.9 Å². The van der Waals surface area contributed by atoms with Crippen LogP contribution in [0, 0.1) is 5.92 Å². The van der Waals surface area contributed by atoms with Gasteiger partial charge >= 0.3 is 5.95 Å². The summed E-state index contributed by atoms with van der Waals surface area (Å²) in [5, 5.41) is 3.23. The lowest BCUT2D eigenvalue weighted by Crippen LogP contribution is -2.21. The molecule has 0 amide bonds. The first-order chi connectivity index (χ1) is 13.2. The summed E-state index contributed by atoms with van der Waals surface area (Å²) in [6.07, 6.45) is 9.66. The van der Waals surface area contributed by atoms with E-state index in [0.717, 1.165) is 16.1 Å².